The molecule has 0 saturated carbocycles. The molecule has 2 aromatic carbocycles. The Hall–Kier alpha value is -2.41. The molecule has 5 nitrogen and oxygen atoms in total. The van der Waals surface area contributed by atoms with E-state index in [1.54, 1.807) is 12.1 Å². The first-order valence-corrected chi connectivity index (χ1v) is 11.0. The van der Waals surface area contributed by atoms with Gasteiger partial charge in [-0.2, -0.15) is 0 Å². The number of amides is 1. The highest BCUT2D eigenvalue weighted by Crippen LogP contribution is 2.43. The Kier molecular flexibility index (Phi) is 5.82. The number of fused-ring (bicyclic) bond motifs is 1. The Balaban J connectivity index is 1.50. The lowest BCUT2D eigenvalue weighted by molar-refractivity contribution is -0.145. The number of nitrogens with one attached hydrogen (secondary N) is 1. The Morgan fingerprint density at radius 2 is 1.73 bits per heavy atom. The Morgan fingerprint density at radius 1 is 1.10 bits per heavy atom. The first-order chi connectivity index (χ1) is 14.4. The third-order valence-electron chi connectivity index (χ3n) is 5.29. The molecular formula is C22H18Cl2N2O3S. The Bertz CT molecular complexity index is 1080. The van der Waals surface area contributed by atoms with Crippen LogP contribution >= 0.6 is 34.5 Å². The van der Waals surface area contributed by atoms with Gasteiger partial charge in [0.05, 0.1) is 34.1 Å². The summed E-state index contributed by atoms with van der Waals surface area (Å²) >= 11 is 13.7. The predicted molar refractivity (Wildman–Crippen MR) is 118 cm³/mol. The van der Waals surface area contributed by atoms with Crippen molar-refractivity contribution in [1.82, 2.24) is 10.3 Å². The normalized spacial score (nSPS) is 14.3. The van der Waals surface area contributed by atoms with E-state index in [-0.39, 0.29) is 18.9 Å². The third-order valence-corrected chi connectivity index (χ3v) is 6.86. The van der Waals surface area contributed by atoms with Crippen LogP contribution in [0.15, 0.2) is 47.8 Å². The molecule has 0 bridgehead atoms. The molecule has 0 unspecified atom stereocenters. The number of carboxylic acid groups (broad SMARTS) is 1. The van der Waals surface area contributed by atoms with Gasteiger partial charge in [-0.15, -0.1) is 11.3 Å². The zero-order valence-electron chi connectivity index (χ0n) is 15.8. The predicted octanol–water partition coefficient (Wildman–Crippen LogP) is 4.99. The van der Waals surface area contributed by atoms with E-state index >= 15 is 0 Å². The van der Waals surface area contributed by atoms with Gasteiger partial charge < -0.3 is 10.4 Å². The molecular weight excluding hydrogens is 443 g/mol. The maximum absolute atomic E-state index is 13.1. The molecule has 154 valence electrons. The Labute approximate surface area is 187 Å². The van der Waals surface area contributed by atoms with Crippen molar-refractivity contribution >= 4 is 46.4 Å². The van der Waals surface area contributed by atoms with Crippen LogP contribution in [0, 0.1) is 5.41 Å². The van der Waals surface area contributed by atoms with Crippen LogP contribution in [0.1, 0.15) is 22.6 Å². The minimum atomic E-state index is -1.07. The molecule has 1 aromatic heterocycles. The summed E-state index contributed by atoms with van der Waals surface area (Å²) in [5, 5.41) is 15.8. The van der Waals surface area contributed by atoms with Crippen molar-refractivity contribution in [2.45, 2.75) is 25.8 Å². The molecule has 1 heterocycles. The zero-order chi connectivity index (χ0) is 21.3. The highest BCUT2D eigenvalue weighted by atomic mass is 35.5. The number of halogens is 2. The van der Waals surface area contributed by atoms with Gasteiger partial charge in [-0.3, -0.25) is 9.59 Å². The van der Waals surface area contributed by atoms with Crippen LogP contribution in [0.2, 0.25) is 10.0 Å². The number of benzene rings is 2. The number of aliphatic carboxylic acids is 1. The first kappa shape index (κ1) is 20.8. The average molecular weight is 461 g/mol. The molecule has 1 aliphatic carbocycles. The molecule has 1 aliphatic rings. The summed E-state index contributed by atoms with van der Waals surface area (Å²) in [5.74, 6) is -1.32. The van der Waals surface area contributed by atoms with E-state index in [1.165, 1.54) is 11.3 Å². The molecule has 3 aromatic rings. The number of carbonyl (C=O) groups excluding carboxylic acids is 1. The lowest BCUT2D eigenvalue weighted by Crippen LogP contribution is -2.43. The van der Waals surface area contributed by atoms with Gasteiger partial charge in [0.25, 0.3) is 0 Å². The summed E-state index contributed by atoms with van der Waals surface area (Å²) in [7, 11) is 0. The van der Waals surface area contributed by atoms with E-state index in [0.29, 0.717) is 22.9 Å². The van der Waals surface area contributed by atoms with E-state index in [2.05, 4.69) is 10.3 Å². The number of carboxylic acids is 1. The highest BCUT2D eigenvalue weighted by Gasteiger charge is 2.45. The molecule has 30 heavy (non-hydrogen) atoms. The fourth-order valence-electron chi connectivity index (χ4n) is 3.88. The quantitative estimate of drug-likeness (QED) is 0.542. The van der Waals surface area contributed by atoms with Crippen molar-refractivity contribution in [3.63, 3.8) is 0 Å². The zero-order valence-corrected chi connectivity index (χ0v) is 18.2. The number of carbonyl (C=O) groups is 2. The molecule has 0 atom stereocenters. The van der Waals surface area contributed by atoms with Crippen LogP contribution in [-0.2, 0) is 29.0 Å². The van der Waals surface area contributed by atoms with E-state index < -0.39 is 11.4 Å². The van der Waals surface area contributed by atoms with Gasteiger partial charge in [0.2, 0.25) is 5.91 Å². The second kappa shape index (κ2) is 8.38. The summed E-state index contributed by atoms with van der Waals surface area (Å²) in [6.45, 7) is 0.246. The lowest BCUT2D eigenvalue weighted by atomic mass is 9.80. The highest BCUT2D eigenvalue weighted by molar-refractivity contribution is 7.09. The smallest absolute Gasteiger partial charge is 0.304 e. The van der Waals surface area contributed by atoms with Gasteiger partial charge in [0.15, 0.2) is 0 Å². The van der Waals surface area contributed by atoms with Crippen LogP contribution < -0.4 is 5.32 Å². The summed E-state index contributed by atoms with van der Waals surface area (Å²) in [6.07, 6.45) is 0.352. The molecule has 4 rings (SSSR count). The molecule has 0 radical (unpaired) electrons. The van der Waals surface area contributed by atoms with Crippen molar-refractivity contribution < 1.29 is 14.7 Å². The SMILES string of the molecule is O=C(O)CC1(C(=O)NCc2nc(-c3ccccc3)cs2)Cc2cc(Cl)c(Cl)cc2C1. The van der Waals surface area contributed by atoms with Gasteiger partial charge in [-0.05, 0) is 36.1 Å². The fraction of sp³-hybridized carbons (Fsp3) is 0.227. The van der Waals surface area contributed by atoms with Gasteiger partial charge in [-0.1, -0.05) is 53.5 Å². The van der Waals surface area contributed by atoms with E-state index in [4.69, 9.17) is 23.2 Å². The molecule has 8 heteroatoms. The van der Waals surface area contributed by atoms with Crippen LogP contribution in [0.25, 0.3) is 11.3 Å². The van der Waals surface area contributed by atoms with Crippen LogP contribution in [-0.4, -0.2) is 22.0 Å². The Morgan fingerprint density at radius 3 is 2.33 bits per heavy atom. The fourth-order valence-corrected chi connectivity index (χ4v) is 5.00. The summed E-state index contributed by atoms with van der Waals surface area (Å²) in [6, 6.07) is 13.2. The monoisotopic (exact) mass is 460 g/mol. The number of aromatic nitrogens is 1. The maximum atomic E-state index is 13.1. The summed E-state index contributed by atoms with van der Waals surface area (Å²) in [4.78, 5) is 29.2. The van der Waals surface area contributed by atoms with Crippen molar-refractivity contribution in [3.05, 3.63) is 74.0 Å². The molecule has 1 amide bonds. The number of rotatable bonds is 6. The van der Waals surface area contributed by atoms with Crippen molar-refractivity contribution in [2.75, 3.05) is 0 Å². The topological polar surface area (TPSA) is 79.3 Å². The minimum Gasteiger partial charge on any atom is -0.481 e. The lowest BCUT2D eigenvalue weighted by Gasteiger charge is -2.25. The van der Waals surface area contributed by atoms with Gasteiger partial charge in [-0.25, -0.2) is 4.98 Å². The molecule has 2 N–H and O–H groups in total. The van der Waals surface area contributed by atoms with Gasteiger partial charge in [0, 0.05) is 10.9 Å². The van der Waals surface area contributed by atoms with E-state index in [9.17, 15) is 14.7 Å². The first-order valence-electron chi connectivity index (χ1n) is 9.33. The summed E-state index contributed by atoms with van der Waals surface area (Å²) in [5.41, 5.74) is 2.51. The van der Waals surface area contributed by atoms with Gasteiger partial charge in [0.1, 0.15) is 5.01 Å². The van der Waals surface area contributed by atoms with Crippen molar-refractivity contribution in [1.29, 1.82) is 0 Å². The second-order valence-electron chi connectivity index (χ2n) is 7.41. The minimum absolute atomic E-state index is 0.246. The van der Waals surface area contributed by atoms with E-state index in [1.807, 2.05) is 35.7 Å². The summed E-state index contributed by atoms with van der Waals surface area (Å²) < 4.78 is 0. The number of hydrogen-bond donors (Lipinski definition) is 2. The van der Waals surface area contributed by atoms with Crippen LogP contribution in [0.4, 0.5) is 0 Å². The molecule has 0 aliphatic heterocycles. The van der Waals surface area contributed by atoms with E-state index in [0.717, 1.165) is 27.4 Å². The number of thiazole rings is 1. The van der Waals surface area contributed by atoms with Gasteiger partial charge >= 0.3 is 5.97 Å². The van der Waals surface area contributed by atoms with Crippen molar-refractivity contribution in [2.24, 2.45) is 5.41 Å². The van der Waals surface area contributed by atoms with Crippen LogP contribution in [0.5, 0.6) is 0 Å². The molecule has 0 saturated heterocycles. The molecule has 0 fully saturated rings. The number of nitrogens with zero attached hydrogens (tertiary/aromatic N) is 1. The average Bonchev–Trinajstić information content (AvgIpc) is 3.32. The third kappa shape index (κ3) is 4.21. The molecule has 0 spiro atoms. The number of hydrogen-bond acceptors (Lipinski definition) is 4. The van der Waals surface area contributed by atoms with Crippen LogP contribution in [0.3, 0.4) is 0 Å². The standard InChI is InChI=1S/C22H18Cl2N2O3S/c23-16-6-14-8-22(10-20(27)28,9-15(14)7-17(16)24)21(29)25-11-19-26-18(12-30-19)13-4-2-1-3-5-13/h1-7,12H,8-11H2,(H,25,29)(H,27,28). The second-order valence-corrected chi connectivity index (χ2v) is 9.17. The largest absolute Gasteiger partial charge is 0.481 e. The van der Waals surface area contributed by atoms with Crippen molar-refractivity contribution in [3.8, 4) is 11.3 Å². The maximum Gasteiger partial charge on any atom is 0.304 e.